The SMILES string of the molecule is N#C/C(=C/N1CCNCC1)C(=O)Nc1ccc([N+](=O)[O-])cc1. The van der Waals surface area contributed by atoms with Crippen molar-refractivity contribution >= 4 is 17.3 Å². The van der Waals surface area contributed by atoms with Gasteiger partial charge >= 0.3 is 0 Å². The first-order valence-corrected chi connectivity index (χ1v) is 6.72. The Bertz CT molecular complexity index is 627. The third-order valence-corrected chi connectivity index (χ3v) is 3.16. The molecule has 1 saturated heterocycles. The van der Waals surface area contributed by atoms with E-state index in [4.69, 9.17) is 5.26 Å². The molecular formula is C14H15N5O3. The molecule has 114 valence electrons. The van der Waals surface area contributed by atoms with E-state index >= 15 is 0 Å². The first kappa shape index (κ1) is 15.5. The molecule has 0 radical (unpaired) electrons. The molecule has 0 aliphatic carbocycles. The second kappa shape index (κ2) is 7.19. The minimum Gasteiger partial charge on any atom is -0.374 e. The van der Waals surface area contributed by atoms with Crippen molar-refractivity contribution < 1.29 is 9.72 Å². The van der Waals surface area contributed by atoms with Crippen LogP contribution in [-0.4, -0.2) is 41.9 Å². The van der Waals surface area contributed by atoms with Gasteiger partial charge < -0.3 is 15.5 Å². The summed E-state index contributed by atoms with van der Waals surface area (Å²) in [6.07, 6.45) is 1.54. The molecule has 0 aromatic heterocycles. The van der Waals surface area contributed by atoms with Crippen LogP contribution in [0.4, 0.5) is 11.4 Å². The Morgan fingerprint density at radius 2 is 2.00 bits per heavy atom. The van der Waals surface area contributed by atoms with Gasteiger partial charge in [0.05, 0.1) is 4.92 Å². The number of non-ortho nitro benzene ring substituents is 1. The van der Waals surface area contributed by atoms with Crippen LogP contribution < -0.4 is 10.6 Å². The molecule has 1 aliphatic rings. The summed E-state index contributed by atoms with van der Waals surface area (Å²) >= 11 is 0. The molecule has 2 rings (SSSR count). The molecule has 8 nitrogen and oxygen atoms in total. The van der Waals surface area contributed by atoms with Crippen molar-refractivity contribution in [1.29, 1.82) is 5.26 Å². The number of carbonyl (C=O) groups excluding carboxylic acids is 1. The standard InChI is InChI=1S/C14H15N5O3/c15-9-11(10-18-7-5-16-6-8-18)14(20)17-12-1-3-13(4-2-12)19(21)22/h1-4,10,16H,5-8H2,(H,17,20)/b11-10-. The zero-order valence-corrected chi connectivity index (χ0v) is 11.8. The molecule has 1 aromatic rings. The van der Waals surface area contributed by atoms with E-state index in [0.717, 1.165) is 26.2 Å². The number of hydrogen-bond acceptors (Lipinski definition) is 6. The summed E-state index contributed by atoms with van der Waals surface area (Å²) < 4.78 is 0. The number of nitro groups is 1. The summed E-state index contributed by atoms with van der Waals surface area (Å²) in [7, 11) is 0. The molecule has 22 heavy (non-hydrogen) atoms. The monoisotopic (exact) mass is 301 g/mol. The highest BCUT2D eigenvalue weighted by Crippen LogP contribution is 2.16. The number of amides is 1. The number of piperazine rings is 1. The Morgan fingerprint density at radius 3 is 2.55 bits per heavy atom. The largest absolute Gasteiger partial charge is 0.374 e. The zero-order chi connectivity index (χ0) is 15.9. The fourth-order valence-electron chi connectivity index (χ4n) is 2.00. The maximum Gasteiger partial charge on any atom is 0.269 e. The van der Waals surface area contributed by atoms with Gasteiger partial charge in [0, 0.05) is 50.2 Å². The average molecular weight is 301 g/mol. The molecule has 0 atom stereocenters. The zero-order valence-electron chi connectivity index (χ0n) is 11.8. The van der Waals surface area contributed by atoms with Crippen LogP contribution >= 0.6 is 0 Å². The molecule has 1 amide bonds. The first-order valence-electron chi connectivity index (χ1n) is 6.72. The van der Waals surface area contributed by atoms with E-state index in [9.17, 15) is 14.9 Å². The molecule has 0 saturated carbocycles. The molecular weight excluding hydrogens is 286 g/mol. The Hall–Kier alpha value is -2.92. The van der Waals surface area contributed by atoms with Gasteiger partial charge in [0.1, 0.15) is 11.6 Å². The summed E-state index contributed by atoms with van der Waals surface area (Å²) in [5.41, 5.74) is 0.340. The smallest absolute Gasteiger partial charge is 0.269 e. The van der Waals surface area contributed by atoms with Crippen molar-refractivity contribution in [2.24, 2.45) is 0 Å². The fourth-order valence-corrected chi connectivity index (χ4v) is 2.00. The Balaban J connectivity index is 2.04. The first-order chi connectivity index (χ1) is 10.6. The highest BCUT2D eigenvalue weighted by Gasteiger charge is 2.14. The van der Waals surface area contributed by atoms with Crippen molar-refractivity contribution in [2.45, 2.75) is 0 Å². The lowest BCUT2D eigenvalue weighted by molar-refractivity contribution is -0.384. The van der Waals surface area contributed by atoms with Crippen molar-refractivity contribution in [1.82, 2.24) is 10.2 Å². The van der Waals surface area contributed by atoms with E-state index in [0.29, 0.717) is 5.69 Å². The van der Waals surface area contributed by atoms with Crippen LogP contribution in [0.3, 0.4) is 0 Å². The van der Waals surface area contributed by atoms with Gasteiger partial charge in [-0.1, -0.05) is 0 Å². The molecule has 1 aliphatic heterocycles. The van der Waals surface area contributed by atoms with Gasteiger partial charge in [-0.2, -0.15) is 5.26 Å². The van der Waals surface area contributed by atoms with Crippen molar-refractivity contribution in [3.63, 3.8) is 0 Å². The van der Waals surface area contributed by atoms with Gasteiger partial charge in [-0.15, -0.1) is 0 Å². The molecule has 0 bridgehead atoms. The molecule has 2 N–H and O–H groups in total. The Morgan fingerprint density at radius 1 is 1.36 bits per heavy atom. The van der Waals surface area contributed by atoms with E-state index in [2.05, 4.69) is 10.6 Å². The van der Waals surface area contributed by atoms with Crippen LogP contribution in [0.2, 0.25) is 0 Å². The minimum atomic E-state index is -0.533. The quantitative estimate of drug-likeness (QED) is 0.369. The normalized spacial score (nSPS) is 15.0. The third-order valence-electron chi connectivity index (χ3n) is 3.16. The van der Waals surface area contributed by atoms with Gasteiger partial charge in [-0.3, -0.25) is 14.9 Å². The number of nitriles is 1. The summed E-state index contributed by atoms with van der Waals surface area (Å²) in [6.45, 7) is 3.07. The van der Waals surface area contributed by atoms with Gasteiger partial charge in [-0.25, -0.2) is 0 Å². The number of nitro benzene ring substituents is 1. The summed E-state index contributed by atoms with van der Waals surface area (Å²) in [5, 5.41) is 25.4. The van der Waals surface area contributed by atoms with E-state index in [1.807, 2.05) is 11.0 Å². The molecule has 1 aromatic carbocycles. The van der Waals surface area contributed by atoms with Crippen LogP contribution in [0.25, 0.3) is 0 Å². The number of rotatable bonds is 4. The Kier molecular flexibility index (Phi) is 5.06. The van der Waals surface area contributed by atoms with E-state index < -0.39 is 10.8 Å². The van der Waals surface area contributed by atoms with Crippen LogP contribution in [0.1, 0.15) is 0 Å². The van der Waals surface area contributed by atoms with Gasteiger partial charge in [0.15, 0.2) is 0 Å². The van der Waals surface area contributed by atoms with Crippen molar-refractivity contribution in [2.75, 3.05) is 31.5 Å². The van der Waals surface area contributed by atoms with Crippen LogP contribution in [0, 0.1) is 21.4 Å². The minimum absolute atomic E-state index is 0.000234. The highest BCUT2D eigenvalue weighted by atomic mass is 16.6. The number of carbonyl (C=O) groups is 1. The number of anilines is 1. The van der Waals surface area contributed by atoms with Crippen molar-refractivity contribution in [3.05, 3.63) is 46.2 Å². The lowest BCUT2D eigenvalue weighted by atomic mass is 10.2. The van der Waals surface area contributed by atoms with E-state index in [1.54, 1.807) is 6.20 Å². The lowest BCUT2D eigenvalue weighted by Gasteiger charge is -2.26. The fraction of sp³-hybridized carbons (Fsp3) is 0.286. The lowest BCUT2D eigenvalue weighted by Crippen LogP contribution is -2.41. The van der Waals surface area contributed by atoms with E-state index in [-0.39, 0.29) is 11.3 Å². The molecule has 0 spiro atoms. The average Bonchev–Trinajstić information content (AvgIpc) is 2.54. The highest BCUT2D eigenvalue weighted by molar-refractivity contribution is 6.06. The second-order valence-electron chi connectivity index (χ2n) is 4.70. The topological polar surface area (TPSA) is 111 Å². The molecule has 0 unspecified atom stereocenters. The second-order valence-corrected chi connectivity index (χ2v) is 4.70. The van der Waals surface area contributed by atoms with E-state index in [1.165, 1.54) is 24.3 Å². The van der Waals surface area contributed by atoms with Crippen molar-refractivity contribution in [3.8, 4) is 6.07 Å². The number of benzene rings is 1. The van der Waals surface area contributed by atoms with Crippen LogP contribution in [0.5, 0.6) is 0 Å². The Labute approximate surface area is 127 Å². The summed E-state index contributed by atoms with van der Waals surface area (Å²) in [5.74, 6) is -0.533. The maximum atomic E-state index is 12.1. The number of hydrogen-bond donors (Lipinski definition) is 2. The van der Waals surface area contributed by atoms with Gasteiger partial charge in [0.25, 0.3) is 11.6 Å². The molecule has 8 heteroatoms. The van der Waals surface area contributed by atoms with Crippen LogP contribution in [-0.2, 0) is 4.79 Å². The van der Waals surface area contributed by atoms with Gasteiger partial charge in [-0.05, 0) is 12.1 Å². The molecule has 1 fully saturated rings. The van der Waals surface area contributed by atoms with Crippen LogP contribution in [0.15, 0.2) is 36.0 Å². The van der Waals surface area contributed by atoms with Gasteiger partial charge in [0.2, 0.25) is 0 Å². The summed E-state index contributed by atoms with van der Waals surface area (Å²) in [4.78, 5) is 24.0. The predicted octanol–water partition coefficient (Wildman–Crippen LogP) is 0.846. The number of nitrogens with zero attached hydrogens (tertiary/aromatic N) is 3. The maximum absolute atomic E-state index is 12.1. The summed E-state index contributed by atoms with van der Waals surface area (Å²) in [6, 6.07) is 7.32. The molecule has 1 heterocycles. The predicted molar refractivity (Wildman–Crippen MR) is 79.9 cm³/mol. The number of nitrogens with one attached hydrogen (secondary N) is 2. The third kappa shape index (κ3) is 4.04.